The summed E-state index contributed by atoms with van der Waals surface area (Å²) < 4.78 is 5.59. The third-order valence-electron chi connectivity index (χ3n) is 3.57. The SMILES string of the molecule is CCNCc1occc1CN(CC)c1ccccc1C. The molecule has 1 aromatic heterocycles. The summed E-state index contributed by atoms with van der Waals surface area (Å²) in [5.74, 6) is 1.04. The first kappa shape index (κ1) is 14.7. The molecule has 0 bridgehead atoms. The average Bonchev–Trinajstić information content (AvgIpc) is 2.90. The molecule has 0 aliphatic heterocycles. The molecule has 3 nitrogen and oxygen atoms in total. The minimum Gasteiger partial charge on any atom is -0.468 e. The number of rotatable bonds is 7. The number of anilines is 1. The van der Waals surface area contributed by atoms with Crippen molar-refractivity contribution in [2.75, 3.05) is 18.0 Å². The molecule has 2 rings (SSSR count). The highest BCUT2D eigenvalue weighted by atomic mass is 16.3. The molecule has 0 saturated carbocycles. The Morgan fingerprint density at radius 2 is 1.95 bits per heavy atom. The van der Waals surface area contributed by atoms with E-state index < -0.39 is 0 Å². The van der Waals surface area contributed by atoms with Crippen LogP contribution in [0.5, 0.6) is 0 Å². The second-order valence-electron chi connectivity index (χ2n) is 4.95. The van der Waals surface area contributed by atoms with E-state index in [1.165, 1.54) is 16.8 Å². The fraction of sp³-hybridized carbons (Fsp3) is 0.412. The van der Waals surface area contributed by atoms with E-state index in [1.807, 2.05) is 0 Å². The summed E-state index contributed by atoms with van der Waals surface area (Å²) in [6.07, 6.45) is 1.79. The van der Waals surface area contributed by atoms with E-state index in [4.69, 9.17) is 4.42 Å². The Kier molecular flexibility index (Phi) is 5.24. The summed E-state index contributed by atoms with van der Waals surface area (Å²) in [6.45, 7) is 10.1. The highest BCUT2D eigenvalue weighted by molar-refractivity contribution is 5.53. The Bertz CT molecular complexity index is 533. The summed E-state index contributed by atoms with van der Waals surface area (Å²) in [7, 11) is 0. The number of hydrogen-bond acceptors (Lipinski definition) is 3. The Labute approximate surface area is 121 Å². The van der Waals surface area contributed by atoms with Gasteiger partial charge in [-0.1, -0.05) is 25.1 Å². The third kappa shape index (κ3) is 3.42. The summed E-state index contributed by atoms with van der Waals surface area (Å²) in [6, 6.07) is 10.6. The van der Waals surface area contributed by atoms with Gasteiger partial charge in [0, 0.05) is 24.3 Å². The van der Waals surface area contributed by atoms with Gasteiger partial charge in [-0.15, -0.1) is 0 Å². The van der Waals surface area contributed by atoms with Gasteiger partial charge in [0.25, 0.3) is 0 Å². The molecule has 1 N–H and O–H groups in total. The maximum absolute atomic E-state index is 5.59. The topological polar surface area (TPSA) is 28.4 Å². The van der Waals surface area contributed by atoms with Crippen molar-refractivity contribution in [1.82, 2.24) is 5.32 Å². The van der Waals surface area contributed by atoms with E-state index in [-0.39, 0.29) is 0 Å². The number of benzene rings is 1. The maximum atomic E-state index is 5.59. The number of aryl methyl sites for hydroxylation is 1. The Morgan fingerprint density at radius 1 is 1.15 bits per heavy atom. The molecule has 0 aliphatic carbocycles. The van der Waals surface area contributed by atoms with Crippen LogP contribution in [0.2, 0.25) is 0 Å². The van der Waals surface area contributed by atoms with Gasteiger partial charge < -0.3 is 14.6 Å². The van der Waals surface area contributed by atoms with Gasteiger partial charge in [0.15, 0.2) is 0 Å². The lowest BCUT2D eigenvalue weighted by atomic mass is 10.1. The van der Waals surface area contributed by atoms with Gasteiger partial charge in [-0.2, -0.15) is 0 Å². The molecular weight excluding hydrogens is 248 g/mol. The largest absolute Gasteiger partial charge is 0.468 e. The third-order valence-corrected chi connectivity index (χ3v) is 3.57. The second kappa shape index (κ2) is 7.15. The van der Waals surface area contributed by atoms with Gasteiger partial charge >= 0.3 is 0 Å². The zero-order valence-corrected chi connectivity index (χ0v) is 12.6. The van der Waals surface area contributed by atoms with Crippen molar-refractivity contribution in [2.24, 2.45) is 0 Å². The van der Waals surface area contributed by atoms with Crippen molar-refractivity contribution in [3.8, 4) is 0 Å². The van der Waals surface area contributed by atoms with Crippen LogP contribution < -0.4 is 10.2 Å². The normalized spacial score (nSPS) is 10.8. The molecule has 2 aromatic rings. The van der Waals surface area contributed by atoms with Crippen molar-refractivity contribution >= 4 is 5.69 Å². The molecule has 108 valence electrons. The monoisotopic (exact) mass is 272 g/mol. The highest BCUT2D eigenvalue weighted by Gasteiger charge is 2.12. The van der Waals surface area contributed by atoms with E-state index in [2.05, 4.69) is 61.3 Å². The molecule has 0 saturated heterocycles. The summed E-state index contributed by atoms with van der Waals surface area (Å²) in [5, 5.41) is 3.32. The van der Waals surface area contributed by atoms with Gasteiger partial charge in [0.1, 0.15) is 5.76 Å². The van der Waals surface area contributed by atoms with Crippen molar-refractivity contribution in [3.63, 3.8) is 0 Å². The predicted molar refractivity (Wildman–Crippen MR) is 84.0 cm³/mol. The number of furan rings is 1. The van der Waals surface area contributed by atoms with E-state index in [1.54, 1.807) is 6.26 Å². The first-order valence-electron chi connectivity index (χ1n) is 7.32. The van der Waals surface area contributed by atoms with Gasteiger partial charge in [0.05, 0.1) is 12.8 Å². The highest BCUT2D eigenvalue weighted by Crippen LogP contribution is 2.23. The van der Waals surface area contributed by atoms with Crippen molar-refractivity contribution < 1.29 is 4.42 Å². The van der Waals surface area contributed by atoms with Gasteiger partial charge in [-0.05, 0) is 38.1 Å². The fourth-order valence-corrected chi connectivity index (χ4v) is 2.39. The fourth-order valence-electron chi connectivity index (χ4n) is 2.39. The van der Waals surface area contributed by atoms with Crippen LogP contribution in [-0.2, 0) is 13.1 Å². The van der Waals surface area contributed by atoms with Crippen LogP contribution in [0.4, 0.5) is 5.69 Å². The van der Waals surface area contributed by atoms with Gasteiger partial charge in [0.2, 0.25) is 0 Å². The van der Waals surface area contributed by atoms with Crippen LogP contribution in [0.1, 0.15) is 30.7 Å². The molecule has 20 heavy (non-hydrogen) atoms. The summed E-state index contributed by atoms with van der Waals surface area (Å²) in [4.78, 5) is 2.38. The van der Waals surface area contributed by atoms with Crippen LogP contribution in [0, 0.1) is 6.92 Å². The van der Waals surface area contributed by atoms with Gasteiger partial charge in [-0.25, -0.2) is 0 Å². The molecule has 0 atom stereocenters. The first-order valence-corrected chi connectivity index (χ1v) is 7.32. The first-order chi connectivity index (χ1) is 9.76. The summed E-state index contributed by atoms with van der Waals surface area (Å²) >= 11 is 0. The molecule has 1 aromatic carbocycles. The lowest BCUT2D eigenvalue weighted by Gasteiger charge is -2.25. The molecule has 3 heteroatoms. The summed E-state index contributed by atoms with van der Waals surface area (Å²) in [5.41, 5.74) is 3.87. The van der Waals surface area contributed by atoms with Crippen LogP contribution >= 0.6 is 0 Å². The Balaban J connectivity index is 2.15. The van der Waals surface area contributed by atoms with Crippen LogP contribution in [0.15, 0.2) is 41.0 Å². The smallest absolute Gasteiger partial charge is 0.122 e. The van der Waals surface area contributed by atoms with E-state index in [0.29, 0.717) is 0 Å². The Hall–Kier alpha value is -1.74. The lowest BCUT2D eigenvalue weighted by molar-refractivity contribution is 0.482. The van der Waals surface area contributed by atoms with Crippen LogP contribution in [0.25, 0.3) is 0 Å². The number of nitrogens with zero attached hydrogens (tertiary/aromatic N) is 1. The average molecular weight is 272 g/mol. The predicted octanol–water partition coefficient (Wildman–Crippen LogP) is 3.72. The Morgan fingerprint density at radius 3 is 2.65 bits per heavy atom. The zero-order valence-electron chi connectivity index (χ0n) is 12.6. The number of nitrogens with one attached hydrogen (secondary N) is 1. The standard InChI is InChI=1S/C17H24N2O/c1-4-18-12-17-15(10-11-20-17)13-19(5-2)16-9-7-6-8-14(16)3/h6-11,18H,4-5,12-13H2,1-3H3. The van der Waals surface area contributed by atoms with Crippen molar-refractivity contribution in [3.05, 3.63) is 53.5 Å². The second-order valence-corrected chi connectivity index (χ2v) is 4.95. The molecule has 0 aliphatic rings. The van der Waals surface area contributed by atoms with Gasteiger partial charge in [-0.3, -0.25) is 0 Å². The van der Waals surface area contributed by atoms with Crippen LogP contribution in [-0.4, -0.2) is 13.1 Å². The van der Waals surface area contributed by atoms with Crippen LogP contribution in [0.3, 0.4) is 0 Å². The lowest BCUT2D eigenvalue weighted by Crippen LogP contribution is -2.23. The van der Waals surface area contributed by atoms with E-state index >= 15 is 0 Å². The van der Waals surface area contributed by atoms with Crippen molar-refractivity contribution in [2.45, 2.75) is 33.9 Å². The quantitative estimate of drug-likeness (QED) is 0.832. The molecule has 0 unspecified atom stereocenters. The molecule has 0 fully saturated rings. The van der Waals surface area contributed by atoms with E-state index in [9.17, 15) is 0 Å². The molecule has 0 amide bonds. The molecule has 0 radical (unpaired) electrons. The van der Waals surface area contributed by atoms with E-state index in [0.717, 1.165) is 31.9 Å². The minimum atomic E-state index is 0.796. The number of para-hydroxylation sites is 1. The van der Waals surface area contributed by atoms with Crippen molar-refractivity contribution in [1.29, 1.82) is 0 Å². The molecule has 0 spiro atoms. The maximum Gasteiger partial charge on any atom is 0.122 e. The molecule has 1 heterocycles. The zero-order chi connectivity index (χ0) is 14.4. The minimum absolute atomic E-state index is 0.796. The number of hydrogen-bond donors (Lipinski definition) is 1. The molecular formula is C17H24N2O.